The zero-order valence-electron chi connectivity index (χ0n) is 16.0. The lowest BCUT2D eigenvalue weighted by Crippen LogP contribution is -2.55. The van der Waals surface area contributed by atoms with Gasteiger partial charge < -0.3 is 10.4 Å². The summed E-state index contributed by atoms with van der Waals surface area (Å²) < 4.78 is 1.76. The number of benzene rings is 1. The number of hydrogen-bond acceptors (Lipinski definition) is 5. The number of amides is 1. The summed E-state index contributed by atoms with van der Waals surface area (Å²) in [6.07, 6.45) is 6.59. The molecule has 3 aromatic rings. The monoisotopic (exact) mass is 410 g/mol. The van der Waals surface area contributed by atoms with E-state index in [0.29, 0.717) is 23.5 Å². The summed E-state index contributed by atoms with van der Waals surface area (Å²) in [5, 5.41) is 19.2. The minimum Gasteiger partial charge on any atom is -0.481 e. The van der Waals surface area contributed by atoms with E-state index >= 15 is 0 Å². The van der Waals surface area contributed by atoms with E-state index in [1.807, 2.05) is 43.5 Å². The normalized spacial score (nSPS) is 21.6. The molecule has 1 saturated carbocycles. The number of nitrogens with one attached hydrogen (secondary N) is 1. The predicted molar refractivity (Wildman–Crippen MR) is 110 cm³/mol. The molecule has 7 nitrogen and oxygen atoms in total. The third-order valence-electron chi connectivity index (χ3n) is 5.49. The van der Waals surface area contributed by atoms with Gasteiger partial charge in [0.2, 0.25) is 0 Å². The highest BCUT2D eigenvalue weighted by Gasteiger charge is 2.42. The molecule has 0 radical (unpaired) electrons. The van der Waals surface area contributed by atoms with Gasteiger partial charge in [-0.3, -0.25) is 9.59 Å². The van der Waals surface area contributed by atoms with E-state index in [0.717, 1.165) is 24.1 Å². The molecule has 2 aromatic heterocycles. The minimum absolute atomic E-state index is 0.299. The molecule has 0 saturated heterocycles. The first kappa shape index (κ1) is 19.3. The van der Waals surface area contributed by atoms with Gasteiger partial charge in [0, 0.05) is 17.1 Å². The van der Waals surface area contributed by atoms with Gasteiger partial charge in [0.15, 0.2) is 0 Å². The van der Waals surface area contributed by atoms with Crippen molar-refractivity contribution in [2.24, 2.45) is 5.92 Å². The van der Waals surface area contributed by atoms with Gasteiger partial charge in [-0.15, -0.1) is 11.3 Å². The number of carbonyl (C=O) groups excluding carboxylic acids is 1. The van der Waals surface area contributed by atoms with Crippen LogP contribution in [0.15, 0.2) is 48.1 Å². The van der Waals surface area contributed by atoms with Gasteiger partial charge >= 0.3 is 5.97 Å². The van der Waals surface area contributed by atoms with Gasteiger partial charge in [-0.1, -0.05) is 31.0 Å². The second-order valence-electron chi connectivity index (χ2n) is 7.56. The first-order chi connectivity index (χ1) is 14.0. The SMILES string of the molecule is CC1(NC(=O)c2csc(-c3cnn(-c4ccccc4)c3)n2)CCCCC1C(=O)O. The molecule has 0 spiro atoms. The van der Waals surface area contributed by atoms with Gasteiger partial charge in [-0.25, -0.2) is 9.67 Å². The average molecular weight is 410 g/mol. The molecule has 0 aliphatic heterocycles. The van der Waals surface area contributed by atoms with Gasteiger partial charge in [-0.2, -0.15) is 5.10 Å². The summed E-state index contributed by atoms with van der Waals surface area (Å²) in [5.41, 5.74) is 1.31. The van der Waals surface area contributed by atoms with Crippen molar-refractivity contribution >= 4 is 23.2 Å². The number of carbonyl (C=O) groups is 2. The van der Waals surface area contributed by atoms with Gasteiger partial charge in [-0.05, 0) is 31.9 Å². The fourth-order valence-electron chi connectivity index (χ4n) is 3.87. The highest BCUT2D eigenvalue weighted by Crippen LogP contribution is 2.34. The van der Waals surface area contributed by atoms with Gasteiger partial charge in [0.05, 0.1) is 23.3 Å². The number of aromatic nitrogens is 3. The zero-order chi connectivity index (χ0) is 20.4. The Kier molecular flexibility index (Phi) is 5.19. The molecular weight excluding hydrogens is 388 g/mol. The van der Waals surface area contributed by atoms with Crippen LogP contribution in [0.4, 0.5) is 0 Å². The van der Waals surface area contributed by atoms with E-state index in [1.165, 1.54) is 11.3 Å². The highest BCUT2D eigenvalue weighted by molar-refractivity contribution is 7.13. The number of hydrogen-bond donors (Lipinski definition) is 2. The van der Waals surface area contributed by atoms with Crippen molar-refractivity contribution in [1.29, 1.82) is 0 Å². The average Bonchev–Trinajstić information content (AvgIpc) is 3.38. The first-order valence-corrected chi connectivity index (χ1v) is 10.5. The third kappa shape index (κ3) is 3.93. The van der Waals surface area contributed by atoms with Crippen molar-refractivity contribution in [2.45, 2.75) is 38.1 Å². The minimum atomic E-state index is -0.861. The highest BCUT2D eigenvalue weighted by atomic mass is 32.1. The Morgan fingerprint density at radius 1 is 1.28 bits per heavy atom. The van der Waals surface area contributed by atoms with E-state index in [-0.39, 0.29) is 5.91 Å². The molecule has 1 fully saturated rings. The van der Waals surface area contributed by atoms with Crippen LogP contribution in [-0.4, -0.2) is 37.3 Å². The number of rotatable bonds is 5. The largest absolute Gasteiger partial charge is 0.481 e. The molecule has 1 aliphatic carbocycles. The van der Waals surface area contributed by atoms with Crippen molar-refractivity contribution in [1.82, 2.24) is 20.1 Å². The van der Waals surface area contributed by atoms with Crippen LogP contribution in [0, 0.1) is 5.92 Å². The van der Waals surface area contributed by atoms with Crippen LogP contribution in [0.5, 0.6) is 0 Å². The Morgan fingerprint density at radius 3 is 2.83 bits per heavy atom. The Hall–Kier alpha value is -3.00. The lowest BCUT2D eigenvalue weighted by Gasteiger charge is -2.39. The summed E-state index contributed by atoms with van der Waals surface area (Å²) in [6, 6.07) is 9.75. The molecule has 4 rings (SSSR count). The zero-order valence-corrected chi connectivity index (χ0v) is 16.9. The standard InChI is InChI=1S/C21H22N4O3S/c1-21(10-6-5-9-16(21)20(27)28)24-18(26)17-13-29-19(23-17)14-11-22-25(12-14)15-7-3-2-4-8-15/h2-4,7-8,11-13,16H,5-6,9-10H2,1H3,(H,24,26)(H,27,28). The first-order valence-electron chi connectivity index (χ1n) is 9.57. The van der Waals surface area contributed by atoms with Crippen molar-refractivity contribution in [3.05, 3.63) is 53.8 Å². The topological polar surface area (TPSA) is 97.1 Å². The molecule has 2 heterocycles. The lowest BCUT2D eigenvalue weighted by atomic mass is 9.74. The van der Waals surface area contributed by atoms with Crippen LogP contribution >= 0.6 is 11.3 Å². The molecule has 1 aliphatic rings. The molecule has 8 heteroatoms. The number of carboxylic acids is 1. The molecule has 1 amide bonds. The predicted octanol–water partition coefficient (Wildman–Crippen LogP) is 3.76. The van der Waals surface area contributed by atoms with Crippen LogP contribution in [0.2, 0.25) is 0 Å². The molecule has 0 bridgehead atoms. The maximum Gasteiger partial charge on any atom is 0.308 e. The summed E-state index contributed by atoms with van der Waals surface area (Å²) in [5.74, 6) is -1.78. The number of thiazole rings is 1. The third-order valence-corrected chi connectivity index (χ3v) is 6.38. The van der Waals surface area contributed by atoms with Crippen LogP contribution in [0.3, 0.4) is 0 Å². The second-order valence-corrected chi connectivity index (χ2v) is 8.41. The van der Waals surface area contributed by atoms with E-state index in [4.69, 9.17) is 0 Å². The maximum absolute atomic E-state index is 12.8. The smallest absolute Gasteiger partial charge is 0.308 e. The number of nitrogens with zero attached hydrogens (tertiary/aromatic N) is 3. The fourth-order valence-corrected chi connectivity index (χ4v) is 4.64. The maximum atomic E-state index is 12.8. The summed E-state index contributed by atoms with van der Waals surface area (Å²) in [6.45, 7) is 1.82. The number of carboxylic acid groups (broad SMARTS) is 1. The van der Waals surface area contributed by atoms with Crippen LogP contribution < -0.4 is 5.32 Å². The number of para-hydroxylation sites is 1. The van der Waals surface area contributed by atoms with Crippen molar-refractivity contribution in [2.75, 3.05) is 0 Å². The van der Waals surface area contributed by atoms with Crippen LogP contribution in [-0.2, 0) is 4.79 Å². The van der Waals surface area contributed by atoms with Crippen LogP contribution in [0.25, 0.3) is 16.3 Å². The molecule has 2 atom stereocenters. The molecule has 1 aromatic carbocycles. The van der Waals surface area contributed by atoms with Crippen LogP contribution in [0.1, 0.15) is 43.1 Å². The summed E-state index contributed by atoms with van der Waals surface area (Å²) in [7, 11) is 0. The molecule has 150 valence electrons. The van der Waals surface area contributed by atoms with E-state index in [2.05, 4.69) is 15.4 Å². The van der Waals surface area contributed by atoms with Gasteiger partial charge in [0.1, 0.15) is 10.7 Å². The van der Waals surface area contributed by atoms with Gasteiger partial charge in [0.25, 0.3) is 5.91 Å². The molecule has 29 heavy (non-hydrogen) atoms. The van der Waals surface area contributed by atoms with E-state index in [9.17, 15) is 14.7 Å². The number of aliphatic carboxylic acids is 1. The fraction of sp³-hybridized carbons (Fsp3) is 0.333. The Morgan fingerprint density at radius 2 is 2.07 bits per heavy atom. The Bertz CT molecular complexity index is 1030. The van der Waals surface area contributed by atoms with Crippen molar-refractivity contribution < 1.29 is 14.7 Å². The van der Waals surface area contributed by atoms with Crippen molar-refractivity contribution in [3.63, 3.8) is 0 Å². The quantitative estimate of drug-likeness (QED) is 0.667. The Labute approximate surface area is 172 Å². The Balaban J connectivity index is 1.51. The molecule has 2 N–H and O–H groups in total. The summed E-state index contributed by atoms with van der Waals surface area (Å²) in [4.78, 5) is 28.9. The molecular formula is C21H22N4O3S. The summed E-state index contributed by atoms with van der Waals surface area (Å²) >= 11 is 1.37. The second kappa shape index (κ2) is 7.79. The van der Waals surface area contributed by atoms with Crippen molar-refractivity contribution in [3.8, 4) is 16.3 Å². The lowest BCUT2D eigenvalue weighted by molar-refractivity contribution is -0.145. The molecule has 2 unspecified atom stereocenters. The van der Waals surface area contributed by atoms with E-state index in [1.54, 1.807) is 16.3 Å². The van der Waals surface area contributed by atoms with E-state index < -0.39 is 17.4 Å².